The summed E-state index contributed by atoms with van der Waals surface area (Å²) >= 11 is 1.51. The minimum absolute atomic E-state index is 0.630. The van der Waals surface area contributed by atoms with Crippen molar-refractivity contribution in [3.63, 3.8) is 0 Å². The van der Waals surface area contributed by atoms with Crippen LogP contribution in [0.1, 0.15) is 0 Å². The molecule has 1 aromatic rings. The highest BCUT2D eigenvalue weighted by molar-refractivity contribution is 7.08. The molecule has 1 aromatic heterocycles. The molecule has 0 aromatic carbocycles. The van der Waals surface area contributed by atoms with E-state index in [0.29, 0.717) is 5.69 Å². The van der Waals surface area contributed by atoms with Gasteiger partial charge in [0.1, 0.15) is 0 Å². The van der Waals surface area contributed by atoms with E-state index in [1.807, 2.05) is 5.38 Å². The SMILES string of the molecule is F[B-](F)(F)F.N#[N+]c1ccsc1. The average molecular weight is 198 g/mol. The lowest BCUT2D eigenvalue weighted by atomic mass is 10.3. The third kappa shape index (κ3) is 8.90. The lowest BCUT2D eigenvalue weighted by Gasteiger charge is -1.94. The third-order valence-corrected chi connectivity index (χ3v) is 1.29. The monoisotopic (exact) mass is 198 g/mol. The molecule has 8 heteroatoms. The van der Waals surface area contributed by atoms with Crippen molar-refractivity contribution in [3.05, 3.63) is 21.8 Å². The fourth-order valence-corrected chi connectivity index (χ4v) is 0.876. The van der Waals surface area contributed by atoms with Gasteiger partial charge in [-0.15, -0.1) is 11.3 Å². The van der Waals surface area contributed by atoms with Crippen molar-refractivity contribution < 1.29 is 17.3 Å². The second-order valence-corrected chi connectivity index (χ2v) is 2.36. The Morgan fingerprint density at radius 3 is 2.00 bits per heavy atom. The van der Waals surface area contributed by atoms with E-state index >= 15 is 0 Å². The number of halogens is 4. The Bertz CT molecular complexity index is 245. The first-order valence-corrected chi connectivity index (χ1v) is 3.62. The predicted octanol–water partition coefficient (Wildman–Crippen LogP) is 3.53. The molecule has 0 aliphatic rings. The summed E-state index contributed by atoms with van der Waals surface area (Å²) in [5.41, 5.74) is 0.630. The predicted molar refractivity (Wildman–Crippen MR) is 39.2 cm³/mol. The fourth-order valence-electron chi connectivity index (χ4n) is 0.314. The Hall–Kier alpha value is -1.10. The van der Waals surface area contributed by atoms with Gasteiger partial charge in [-0.3, -0.25) is 0 Å². The maximum atomic E-state index is 9.75. The number of rotatable bonds is 0. The molecule has 0 amide bonds. The first kappa shape index (κ1) is 10.9. The van der Waals surface area contributed by atoms with E-state index in [9.17, 15) is 17.3 Å². The van der Waals surface area contributed by atoms with E-state index in [1.165, 1.54) is 11.3 Å². The van der Waals surface area contributed by atoms with Gasteiger partial charge in [-0.25, -0.2) is 0 Å². The molecule has 1 heterocycles. The standard InChI is InChI=1S/C4H3N2S.BF4/c5-6-4-1-2-7-3-4;2-1(3,4)5/h1-3H;/q+1;-1. The van der Waals surface area contributed by atoms with Crippen molar-refractivity contribution >= 4 is 24.3 Å². The molecule has 0 bridgehead atoms. The van der Waals surface area contributed by atoms with Gasteiger partial charge in [-0.05, 0) is 5.38 Å². The van der Waals surface area contributed by atoms with Crippen LogP contribution >= 0.6 is 11.3 Å². The van der Waals surface area contributed by atoms with E-state index in [1.54, 1.807) is 11.4 Å². The Labute approximate surface area is 69.6 Å². The topological polar surface area (TPSA) is 28.1 Å². The molecular formula is C4H3BF4N2S. The highest BCUT2D eigenvalue weighted by Crippen LogP contribution is 2.14. The van der Waals surface area contributed by atoms with Crippen LogP contribution in [0.25, 0.3) is 4.98 Å². The molecule has 2 nitrogen and oxygen atoms in total. The highest BCUT2D eigenvalue weighted by Gasteiger charge is 2.20. The lowest BCUT2D eigenvalue weighted by Crippen LogP contribution is -2.02. The van der Waals surface area contributed by atoms with Crippen LogP contribution in [0.3, 0.4) is 0 Å². The Kier molecular flexibility index (Phi) is 4.29. The molecule has 66 valence electrons. The van der Waals surface area contributed by atoms with Crippen molar-refractivity contribution in [2.75, 3.05) is 0 Å². The van der Waals surface area contributed by atoms with Crippen LogP contribution in [0.4, 0.5) is 23.0 Å². The van der Waals surface area contributed by atoms with E-state index in [4.69, 9.17) is 5.39 Å². The van der Waals surface area contributed by atoms with Gasteiger partial charge in [0, 0.05) is 6.07 Å². The maximum Gasteiger partial charge on any atom is 0.673 e. The number of thiophene rings is 1. The molecule has 1 rings (SSSR count). The van der Waals surface area contributed by atoms with Crippen molar-refractivity contribution in [1.82, 2.24) is 0 Å². The third-order valence-electron chi connectivity index (χ3n) is 0.622. The zero-order valence-electron chi connectivity index (χ0n) is 5.62. The van der Waals surface area contributed by atoms with Crippen LogP contribution in [-0.2, 0) is 0 Å². The van der Waals surface area contributed by atoms with Crippen LogP contribution < -0.4 is 0 Å². The quantitative estimate of drug-likeness (QED) is 0.356. The van der Waals surface area contributed by atoms with Gasteiger partial charge in [-0.1, -0.05) is 0 Å². The van der Waals surface area contributed by atoms with Crippen LogP contribution in [0.2, 0.25) is 0 Å². The fraction of sp³-hybridized carbons (Fsp3) is 0. The smallest absolute Gasteiger partial charge is 0.418 e. The van der Waals surface area contributed by atoms with E-state index < -0.39 is 7.25 Å². The summed E-state index contributed by atoms with van der Waals surface area (Å²) in [7, 11) is -6.00. The van der Waals surface area contributed by atoms with Crippen molar-refractivity contribution in [2.24, 2.45) is 0 Å². The van der Waals surface area contributed by atoms with Gasteiger partial charge in [-0.2, -0.15) is 0 Å². The minimum atomic E-state index is -6.00. The second-order valence-electron chi connectivity index (χ2n) is 1.58. The molecule has 0 saturated carbocycles. The zero-order chi connectivity index (χ0) is 9.61. The average Bonchev–Trinajstić information content (AvgIpc) is 2.33. The molecule has 0 aliphatic carbocycles. The van der Waals surface area contributed by atoms with Crippen molar-refractivity contribution in [3.8, 4) is 0 Å². The lowest BCUT2D eigenvalue weighted by molar-refractivity contribution is 0.368. The van der Waals surface area contributed by atoms with Crippen molar-refractivity contribution in [1.29, 1.82) is 5.39 Å². The molecule has 0 unspecified atom stereocenters. The molecule has 0 N–H and O–H groups in total. The van der Waals surface area contributed by atoms with E-state index in [-0.39, 0.29) is 0 Å². The van der Waals surface area contributed by atoms with Gasteiger partial charge in [0.05, 0.1) is 5.38 Å². The van der Waals surface area contributed by atoms with Crippen LogP contribution in [-0.4, -0.2) is 7.25 Å². The van der Waals surface area contributed by atoms with Crippen molar-refractivity contribution in [2.45, 2.75) is 0 Å². The Morgan fingerprint density at radius 1 is 1.33 bits per heavy atom. The maximum absolute atomic E-state index is 9.75. The Morgan fingerprint density at radius 2 is 1.83 bits per heavy atom. The number of diazo groups is 1. The summed E-state index contributed by atoms with van der Waals surface area (Å²) in [5.74, 6) is 0. The number of hydrogen-bond donors (Lipinski definition) is 0. The summed E-state index contributed by atoms with van der Waals surface area (Å²) in [6.07, 6.45) is 0. The molecule has 0 saturated heterocycles. The first-order valence-electron chi connectivity index (χ1n) is 2.68. The first-order chi connectivity index (χ1) is 5.43. The molecule has 0 fully saturated rings. The molecular weight excluding hydrogens is 195 g/mol. The number of hydrogen-bond acceptors (Lipinski definition) is 2. The van der Waals surface area contributed by atoms with Crippen LogP contribution in [0.15, 0.2) is 16.8 Å². The summed E-state index contributed by atoms with van der Waals surface area (Å²) in [5, 5.41) is 11.7. The Balaban J connectivity index is 0.000000217. The van der Waals surface area contributed by atoms with E-state index in [2.05, 4.69) is 4.98 Å². The van der Waals surface area contributed by atoms with Gasteiger partial charge in [0.15, 0.2) is 4.98 Å². The normalized spacial score (nSPS) is 9.58. The number of nitrogens with zero attached hydrogens (tertiary/aromatic N) is 2. The molecule has 0 radical (unpaired) electrons. The van der Waals surface area contributed by atoms with E-state index in [0.717, 1.165) is 0 Å². The largest absolute Gasteiger partial charge is 0.673 e. The van der Waals surface area contributed by atoms with Crippen LogP contribution in [0.5, 0.6) is 0 Å². The molecule has 0 spiro atoms. The van der Waals surface area contributed by atoms with Gasteiger partial charge in [0.25, 0.3) is 0 Å². The zero-order valence-corrected chi connectivity index (χ0v) is 6.44. The van der Waals surface area contributed by atoms with Gasteiger partial charge >= 0.3 is 12.9 Å². The summed E-state index contributed by atoms with van der Waals surface area (Å²) in [6.45, 7) is 0. The highest BCUT2D eigenvalue weighted by atomic mass is 32.1. The second kappa shape index (κ2) is 4.72. The van der Waals surface area contributed by atoms with Crippen LogP contribution in [0, 0.1) is 5.39 Å². The minimum Gasteiger partial charge on any atom is -0.418 e. The summed E-state index contributed by atoms with van der Waals surface area (Å²) in [6, 6.07) is 1.74. The molecule has 12 heavy (non-hydrogen) atoms. The molecule has 0 atom stereocenters. The van der Waals surface area contributed by atoms with Gasteiger partial charge in [0.2, 0.25) is 5.39 Å². The molecule has 0 aliphatic heterocycles. The summed E-state index contributed by atoms with van der Waals surface area (Å²) in [4.78, 5) is 2.94. The summed E-state index contributed by atoms with van der Waals surface area (Å²) < 4.78 is 39.0. The van der Waals surface area contributed by atoms with Gasteiger partial charge < -0.3 is 17.3 Å².